The highest BCUT2D eigenvalue weighted by molar-refractivity contribution is 5.94. The van der Waals surface area contributed by atoms with E-state index in [2.05, 4.69) is 15.6 Å². The van der Waals surface area contributed by atoms with Crippen LogP contribution in [-0.2, 0) is 6.54 Å². The number of hydrogen-bond acceptors (Lipinski definition) is 4. The van der Waals surface area contributed by atoms with Crippen molar-refractivity contribution < 1.29 is 9.59 Å². The summed E-state index contributed by atoms with van der Waals surface area (Å²) in [6.07, 6.45) is 0. The first-order valence-corrected chi connectivity index (χ1v) is 9.95. The monoisotopic (exact) mass is 427 g/mol. The Morgan fingerprint density at radius 1 is 0.969 bits per heavy atom. The first kappa shape index (κ1) is 20.8. The summed E-state index contributed by atoms with van der Waals surface area (Å²) < 4.78 is 1.53. The highest BCUT2D eigenvalue weighted by atomic mass is 16.2. The third-order valence-corrected chi connectivity index (χ3v) is 5.01. The number of nitrogens with one attached hydrogen (secondary N) is 2. The van der Waals surface area contributed by atoms with Gasteiger partial charge in [0.1, 0.15) is 5.82 Å². The minimum Gasteiger partial charge on any atom is -0.351 e. The number of aryl methyl sites for hydroxylation is 1. The molecule has 0 spiro atoms. The molecule has 0 aliphatic heterocycles. The number of anilines is 1. The number of urea groups is 1. The minimum atomic E-state index is -0.633. The molecule has 0 radical (unpaired) electrons. The fourth-order valence-electron chi connectivity index (χ4n) is 3.44. The number of amides is 3. The molecule has 3 aromatic carbocycles. The number of carbonyl (C=O) groups is 2. The van der Waals surface area contributed by atoms with Gasteiger partial charge in [0.05, 0.1) is 16.6 Å². The Balaban J connectivity index is 1.48. The molecule has 0 aliphatic carbocycles. The van der Waals surface area contributed by atoms with E-state index in [-0.39, 0.29) is 11.5 Å². The molecule has 0 aliphatic rings. The lowest BCUT2D eigenvalue weighted by atomic mass is 10.1. The average molecular weight is 427 g/mol. The van der Waals surface area contributed by atoms with E-state index >= 15 is 0 Å². The van der Waals surface area contributed by atoms with Crippen LogP contribution in [0.2, 0.25) is 0 Å². The number of nitrogens with two attached hydrogens (primary N) is 1. The summed E-state index contributed by atoms with van der Waals surface area (Å²) in [5.74, 6) is 0.330. The zero-order valence-electron chi connectivity index (χ0n) is 17.3. The molecule has 0 saturated heterocycles. The zero-order chi connectivity index (χ0) is 22.7. The highest BCUT2D eigenvalue weighted by Crippen LogP contribution is 2.14. The van der Waals surface area contributed by atoms with Crippen LogP contribution in [-0.4, -0.2) is 21.5 Å². The Hall–Kier alpha value is -4.46. The summed E-state index contributed by atoms with van der Waals surface area (Å²) >= 11 is 0. The largest absolute Gasteiger partial charge is 0.351 e. The van der Waals surface area contributed by atoms with Crippen LogP contribution in [0.4, 0.5) is 10.5 Å². The minimum absolute atomic E-state index is 0.153. The number of hydrogen-bond donors (Lipinski definition) is 3. The number of fused-ring (bicyclic) bond motifs is 1. The summed E-state index contributed by atoms with van der Waals surface area (Å²) in [6.45, 7) is 2.10. The molecule has 1 heterocycles. The second-order valence-corrected chi connectivity index (χ2v) is 7.23. The molecule has 4 aromatic rings. The van der Waals surface area contributed by atoms with Gasteiger partial charge in [0.25, 0.3) is 11.5 Å². The molecule has 0 saturated carbocycles. The van der Waals surface area contributed by atoms with Gasteiger partial charge in [-0.2, -0.15) is 0 Å². The SMILES string of the molecule is Cc1nc2ccccc2c(=O)n1-c1ccc(C(=O)NCc2ccc(NC(N)=O)cc2)cc1. The summed E-state index contributed by atoms with van der Waals surface area (Å²) in [5, 5.41) is 5.87. The van der Waals surface area contributed by atoms with Crippen molar-refractivity contribution in [3.8, 4) is 5.69 Å². The van der Waals surface area contributed by atoms with Crippen molar-refractivity contribution in [2.45, 2.75) is 13.5 Å². The maximum atomic E-state index is 12.9. The number of carbonyl (C=O) groups excluding carboxylic acids is 2. The molecular weight excluding hydrogens is 406 g/mol. The topological polar surface area (TPSA) is 119 Å². The molecule has 0 atom stereocenters. The smallest absolute Gasteiger partial charge is 0.316 e. The van der Waals surface area contributed by atoms with Crippen molar-refractivity contribution >= 4 is 28.5 Å². The predicted octanol–water partition coefficient (Wildman–Crippen LogP) is 3.11. The van der Waals surface area contributed by atoms with Gasteiger partial charge in [0.15, 0.2) is 0 Å². The summed E-state index contributed by atoms with van der Waals surface area (Å²) in [5.41, 5.74) is 8.15. The lowest BCUT2D eigenvalue weighted by Gasteiger charge is -2.12. The number of nitrogens with zero attached hydrogens (tertiary/aromatic N) is 2. The highest BCUT2D eigenvalue weighted by Gasteiger charge is 2.11. The number of rotatable bonds is 5. The van der Waals surface area contributed by atoms with Gasteiger partial charge in [-0.3, -0.25) is 14.2 Å². The van der Waals surface area contributed by atoms with Crippen LogP contribution in [0.1, 0.15) is 21.7 Å². The molecule has 8 heteroatoms. The number of primary amides is 1. The zero-order valence-corrected chi connectivity index (χ0v) is 17.3. The fraction of sp³-hybridized carbons (Fsp3) is 0.0833. The third kappa shape index (κ3) is 4.34. The lowest BCUT2D eigenvalue weighted by Crippen LogP contribution is -2.24. The van der Waals surface area contributed by atoms with Crippen molar-refractivity contribution in [2.75, 3.05) is 5.32 Å². The Kier molecular flexibility index (Phi) is 5.67. The summed E-state index contributed by atoms with van der Waals surface area (Å²) in [4.78, 5) is 40.8. The van der Waals surface area contributed by atoms with Crippen molar-refractivity contribution in [2.24, 2.45) is 5.73 Å². The van der Waals surface area contributed by atoms with Crippen molar-refractivity contribution in [3.63, 3.8) is 0 Å². The van der Waals surface area contributed by atoms with E-state index in [0.717, 1.165) is 5.56 Å². The van der Waals surface area contributed by atoms with Gasteiger partial charge in [-0.15, -0.1) is 0 Å². The van der Waals surface area contributed by atoms with Crippen molar-refractivity contribution in [3.05, 3.63) is 100 Å². The van der Waals surface area contributed by atoms with Crippen molar-refractivity contribution in [1.82, 2.24) is 14.9 Å². The molecular formula is C24H21N5O3. The fourth-order valence-corrected chi connectivity index (χ4v) is 3.44. The van der Waals surface area contributed by atoms with Crippen LogP contribution >= 0.6 is 0 Å². The molecule has 0 unspecified atom stereocenters. The molecule has 4 rings (SSSR count). The Labute approximate surface area is 183 Å². The molecule has 0 fully saturated rings. The number of para-hydroxylation sites is 1. The van der Waals surface area contributed by atoms with Crippen LogP contribution < -0.4 is 21.9 Å². The lowest BCUT2D eigenvalue weighted by molar-refractivity contribution is 0.0951. The van der Waals surface area contributed by atoms with E-state index in [0.29, 0.717) is 40.2 Å². The quantitative estimate of drug-likeness (QED) is 0.453. The molecule has 4 N–H and O–H groups in total. The molecule has 8 nitrogen and oxygen atoms in total. The first-order valence-electron chi connectivity index (χ1n) is 9.95. The van der Waals surface area contributed by atoms with E-state index in [4.69, 9.17) is 5.73 Å². The van der Waals surface area contributed by atoms with E-state index in [1.807, 2.05) is 12.1 Å². The summed E-state index contributed by atoms with van der Waals surface area (Å²) in [6, 6.07) is 20.4. The molecule has 160 valence electrons. The normalized spacial score (nSPS) is 10.7. The molecule has 0 bridgehead atoms. The van der Waals surface area contributed by atoms with Gasteiger partial charge in [0.2, 0.25) is 0 Å². The van der Waals surface area contributed by atoms with Crippen LogP contribution in [0.3, 0.4) is 0 Å². The average Bonchev–Trinajstić information content (AvgIpc) is 2.78. The van der Waals surface area contributed by atoms with Crippen LogP contribution in [0.15, 0.2) is 77.6 Å². The molecule has 1 aromatic heterocycles. The Morgan fingerprint density at radius 2 is 1.66 bits per heavy atom. The number of aromatic nitrogens is 2. The standard InChI is InChI=1S/C24H21N5O3/c1-15-27-21-5-3-2-4-20(21)23(31)29(15)19-12-8-17(9-13-19)22(30)26-14-16-6-10-18(11-7-16)28-24(25)32/h2-13H,14H2,1H3,(H,26,30)(H3,25,28,32). The Morgan fingerprint density at radius 3 is 2.34 bits per heavy atom. The summed E-state index contributed by atoms with van der Waals surface area (Å²) in [7, 11) is 0. The maximum absolute atomic E-state index is 12.9. The van der Waals surface area contributed by atoms with Crippen LogP contribution in [0.5, 0.6) is 0 Å². The second kappa shape index (κ2) is 8.73. The van der Waals surface area contributed by atoms with Crippen molar-refractivity contribution in [1.29, 1.82) is 0 Å². The Bertz CT molecular complexity index is 1360. The van der Waals surface area contributed by atoms with Crippen LogP contribution in [0, 0.1) is 6.92 Å². The van der Waals surface area contributed by atoms with Gasteiger partial charge < -0.3 is 16.4 Å². The van der Waals surface area contributed by atoms with Gasteiger partial charge in [-0.25, -0.2) is 9.78 Å². The van der Waals surface area contributed by atoms with E-state index in [1.165, 1.54) is 4.57 Å². The van der Waals surface area contributed by atoms with Crippen LogP contribution in [0.25, 0.3) is 16.6 Å². The van der Waals surface area contributed by atoms with Gasteiger partial charge in [0, 0.05) is 17.8 Å². The predicted molar refractivity (Wildman–Crippen MR) is 123 cm³/mol. The number of benzene rings is 3. The first-order chi connectivity index (χ1) is 15.4. The maximum Gasteiger partial charge on any atom is 0.316 e. The third-order valence-electron chi connectivity index (χ3n) is 5.01. The van der Waals surface area contributed by atoms with Gasteiger partial charge >= 0.3 is 6.03 Å². The van der Waals surface area contributed by atoms with Gasteiger partial charge in [-0.05, 0) is 61.0 Å². The van der Waals surface area contributed by atoms with E-state index < -0.39 is 6.03 Å². The molecule has 3 amide bonds. The van der Waals surface area contributed by atoms with E-state index in [1.54, 1.807) is 67.6 Å². The molecule has 32 heavy (non-hydrogen) atoms. The van der Waals surface area contributed by atoms with E-state index in [9.17, 15) is 14.4 Å². The second-order valence-electron chi connectivity index (χ2n) is 7.23. The van der Waals surface area contributed by atoms with Gasteiger partial charge in [-0.1, -0.05) is 24.3 Å².